The number of nitrogens with zero attached hydrogens (tertiary/aromatic N) is 2. The SMILES string of the molecule is CCCC[C@@H](CC)CNC(=O)c1ccc(N(C)S(=O)(=O)N(C)C)cc1. The van der Waals surface area contributed by atoms with Gasteiger partial charge in [-0.3, -0.25) is 9.10 Å². The van der Waals surface area contributed by atoms with Crippen LogP contribution in [0.15, 0.2) is 24.3 Å². The van der Waals surface area contributed by atoms with Crippen molar-refractivity contribution in [2.75, 3.05) is 32.0 Å². The molecule has 1 atom stereocenters. The molecule has 0 aliphatic carbocycles. The summed E-state index contributed by atoms with van der Waals surface area (Å²) in [4.78, 5) is 12.3. The van der Waals surface area contributed by atoms with Gasteiger partial charge in [-0.05, 0) is 36.6 Å². The molecule has 0 bridgehead atoms. The second-order valence-electron chi connectivity index (χ2n) is 6.43. The van der Waals surface area contributed by atoms with Crippen LogP contribution in [0.4, 0.5) is 5.69 Å². The first-order chi connectivity index (χ1) is 11.7. The Morgan fingerprint density at radius 1 is 1.12 bits per heavy atom. The van der Waals surface area contributed by atoms with Crippen LogP contribution < -0.4 is 9.62 Å². The lowest BCUT2D eigenvalue weighted by Crippen LogP contribution is -2.37. The molecular formula is C18H31N3O3S. The van der Waals surface area contributed by atoms with E-state index < -0.39 is 10.2 Å². The van der Waals surface area contributed by atoms with Gasteiger partial charge < -0.3 is 5.32 Å². The van der Waals surface area contributed by atoms with Gasteiger partial charge in [0.1, 0.15) is 0 Å². The van der Waals surface area contributed by atoms with Crippen LogP contribution in [-0.2, 0) is 10.2 Å². The molecular weight excluding hydrogens is 338 g/mol. The molecule has 1 amide bonds. The van der Waals surface area contributed by atoms with Crippen molar-refractivity contribution in [2.24, 2.45) is 5.92 Å². The van der Waals surface area contributed by atoms with Crippen molar-refractivity contribution in [3.05, 3.63) is 29.8 Å². The van der Waals surface area contributed by atoms with E-state index in [0.29, 0.717) is 23.7 Å². The number of benzene rings is 1. The summed E-state index contributed by atoms with van der Waals surface area (Å²) in [6.07, 6.45) is 4.51. The highest BCUT2D eigenvalue weighted by molar-refractivity contribution is 7.90. The molecule has 0 aliphatic heterocycles. The molecule has 6 nitrogen and oxygen atoms in total. The number of hydrogen-bond acceptors (Lipinski definition) is 3. The van der Waals surface area contributed by atoms with Crippen LogP contribution in [0, 0.1) is 5.92 Å². The van der Waals surface area contributed by atoms with Crippen LogP contribution in [0.5, 0.6) is 0 Å². The van der Waals surface area contributed by atoms with Crippen molar-refractivity contribution in [1.29, 1.82) is 0 Å². The minimum absolute atomic E-state index is 0.125. The van der Waals surface area contributed by atoms with Crippen LogP contribution in [0.25, 0.3) is 0 Å². The van der Waals surface area contributed by atoms with E-state index in [9.17, 15) is 13.2 Å². The van der Waals surface area contributed by atoms with E-state index >= 15 is 0 Å². The summed E-state index contributed by atoms with van der Waals surface area (Å²) in [7, 11) is 0.924. The Morgan fingerprint density at radius 3 is 2.20 bits per heavy atom. The first-order valence-electron chi connectivity index (χ1n) is 8.78. The molecule has 0 spiro atoms. The number of carbonyl (C=O) groups excluding carboxylic acids is 1. The smallest absolute Gasteiger partial charge is 0.303 e. The lowest BCUT2D eigenvalue weighted by Gasteiger charge is -2.23. The molecule has 1 rings (SSSR count). The van der Waals surface area contributed by atoms with Crippen molar-refractivity contribution in [1.82, 2.24) is 9.62 Å². The number of amides is 1. The van der Waals surface area contributed by atoms with E-state index in [-0.39, 0.29) is 5.91 Å². The van der Waals surface area contributed by atoms with Crippen LogP contribution >= 0.6 is 0 Å². The predicted octanol–water partition coefficient (Wildman–Crippen LogP) is 2.88. The summed E-state index contributed by atoms with van der Waals surface area (Å²) in [5, 5.41) is 2.98. The monoisotopic (exact) mass is 369 g/mol. The molecule has 0 fully saturated rings. The average molecular weight is 370 g/mol. The third kappa shape index (κ3) is 6.01. The normalized spacial score (nSPS) is 12.9. The van der Waals surface area contributed by atoms with E-state index in [4.69, 9.17) is 0 Å². The van der Waals surface area contributed by atoms with E-state index in [1.54, 1.807) is 24.3 Å². The number of hydrogen-bond donors (Lipinski definition) is 1. The zero-order valence-corrected chi connectivity index (χ0v) is 16.8. The number of unbranched alkanes of at least 4 members (excludes halogenated alkanes) is 1. The molecule has 142 valence electrons. The van der Waals surface area contributed by atoms with Gasteiger partial charge in [-0.1, -0.05) is 33.1 Å². The lowest BCUT2D eigenvalue weighted by molar-refractivity contribution is 0.0946. The molecule has 0 radical (unpaired) electrons. The third-order valence-electron chi connectivity index (χ3n) is 4.40. The number of anilines is 1. The number of nitrogens with one attached hydrogen (secondary N) is 1. The van der Waals surface area contributed by atoms with E-state index in [1.807, 2.05) is 0 Å². The fourth-order valence-corrected chi connectivity index (χ4v) is 3.36. The minimum Gasteiger partial charge on any atom is -0.352 e. The predicted molar refractivity (Wildman–Crippen MR) is 103 cm³/mol. The zero-order valence-electron chi connectivity index (χ0n) is 15.9. The quantitative estimate of drug-likeness (QED) is 0.689. The van der Waals surface area contributed by atoms with Gasteiger partial charge in [0.25, 0.3) is 5.91 Å². The van der Waals surface area contributed by atoms with Gasteiger partial charge >= 0.3 is 10.2 Å². The maximum absolute atomic E-state index is 12.3. The maximum Gasteiger partial charge on any atom is 0.303 e. The van der Waals surface area contributed by atoms with E-state index in [1.165, 1.54) is 31.9 Å². The van der Waals surface area contributed by atoms with Crippen LogP contribution in [0.1, 0.15) is 49.9 Å². The highest BCUT2D eigenvalue weighted by atomic mass is 32.2. The van der Waals surface area contributed by atoms with Crippen LogP contribution in [0.3, 0.4) is 0 Å². The molecule has 0 saturated heterocycles. The Kier molecular flexibility index (Phi) is 8.38. The fraction of sp³-hybridized carbons (Fsp3) is 0.611. The van der Waals surface area contributed by atoms with Crippen molar-refractivity contribution >= 4 is 21.8 Å². The first-order valence-corrected chi connectivity index (χ1v) is 10.2. The van der Waals surface area contributed by atoms with Crippen molar-refractivity contribution in [3.8, 4) is 0 Å². The zero-order chi connectivity index (χ0) is 19.0. The Hall–Kier alpha value is -1.60. The van der Waals surface area contributed by atoms with Gasteiger partial charge in [0.05, 0.1) is 5.69 Å². The highest BCUT2D eigenvalue weighted by Gasteiger charge is 2.21. The highest BCUT2D eigenvalue weighted by Crippen LogP contribution is 2.18. The van der Waals surface area contributed by atoms with Crippen molar-refractivity contribution in [3.63, 3.8) is 0 Å². The Labute approximate surface area is 152 Å². The molecule has 1 aromatic rings. The summed E-state index contributed by atoms with van der Waals surface area (Å²) in [6, 6.07) is 6.59. The number of rotatable bonds is 10. The van der Waals surface area contributed by atoms with Crippen LogP contribution in [-0.4, -0.2) is 46.3 Å². The summed E-state index contributed by atoms with van der Waals surface area (Å²) in [5.74, 6) is 0.374. The van der Waals surface area contributed by atoms with Crippen LogP contribution in [0.2, 0.25) is 0 Å². The molecule has 0 aliphatic rings. The standard InChI is InChI=1S/C18H31N3O3S/c1-6-8-9-15(7-2)14-19-18(22)16-10-12-17(13-11-16)21(5)25(23,24)20(3)4/h10-13,15H,6-9,14H2,1-5H3,(H,19,22)/t15-/m1/s1. The Bertz CT molecular complexity index is 642. The summed E-state index contributed by atoms with van der Waals surface area (Å²) in [6.45, 7) is 4.98. The molecule has 1 aromatic carbocycles. The van der Waals surface area contributed by atoms with Gasteiger partial charge in [0.2, 0.25) is 0 Å². The average Bonchev–Trinajstić information content (AvgIpc) is 2.61. The molecule has 25 heavy (non-hydrogen) atoms. The lowest BCUT2D eigenvalue weighted by atomic mass is 9.99. The molecule has 0 unspecified atom stereocenters. The minimum atomic E-state index is -3.53. The van der Waals surface area contributed by atoms with Gasteiger partial charge in [-0.15, -0.1) is 0 Å². The second kappa shape index (κ2) is 9.77. The van der Waals surface area contributed by atoms with Gasteiger partial charge in [0, 0.05) is 33.3 Å². The van der Waals surface area contributed by atoms with Gasteiger partial charge in [0.15, 0.2) is 0 Å². The van der Waals surface area contributed by atoms with E-state index in [2.05, 4.69) is 19.2 Å². The maximum atomic E-state index is 12.3. The second-order valence-corrected chi connectivity index (χ2v) is 8.60. The molecule has 7 heteroatoms. The largest absolute Gasteiger partial charge is 0.352 e. The Balaban J connectivity index is 2.71. The Morgan fingerprint density at radius 2 is 1.72 bits per heavy atom. The third-order valence-corrected chi connectivity index (χ3v) is 6.22. The molecule has 1 N–H and O–H groups in total. The molecule has 0 heterocycles. The number of carbonyl (C=O) groups is 1. The topological polar surface area (TPSA) is 69.7 Å². The molecule has 0 saturated carbocycles. The van der Waals surface area contributed by atoms with Gasteiger partial charge in [-0.25, -0.2) is 0 Å². The first kappa shape index (κ1) is 21.4. The van der Waals surface area contributed by atoms with E-state index in [0.717, 1.165) is 23.6 Å². The van der Waals surface area contributed by atoms with Crippen molar-refractivity contribution < 1.29 is 13.2 Å². The summed E-state index contributed by atoms with van der Waals surface area (Å²) in [5.41, 5.74) is 1.05. The summed E-state index contributed by atoms with van der Waals surface area (Å²) < 4.78 is 26.6. The molecule has 0 aromatic heterocycles. The summed E-state index contributed by atoms with van der Waals surface area (Å²) >= 11 is 0. The van der Waals surface area contributed by atoms with Gasteiger partial charge in [-0.2, -0.15) is 12.7 Å². The fourth-order valence-electron chi connectivity index (χ4n) is 2.48. The van der Waals surface area contributed by atoms with Crippen molar-refractivity contribution in [2.45, 2.75) is 39.5 Å².